The Morgan fingerprint density at radius 1 is 1.38 bits per heavy atom. The van der Waals surface area contributed by atoms with Gasteiger partial charge in [0, 0.05) is 32.7 Å². The first-order valence-corrected chi connectivity index (χ1v) is 4.60. The zero-order valence-corrected chi connectivity index (χ0v) is 11.2. The molecule has 0 aliphatic carbocycles. The smallest absolute Gasteiger partial charge is 0 e. The molecule has 0 fully saturated rings. The van der Waals surface area contributed by atoms with E-state index in [0.29, 0.717) is 0 Å². The van der Waals surface area contributed by atoms with Crippen molar-refractivity contribution in [1.82, 2.24) is 0 Å². The molecule has 2 rings (SSSR count). The molecule has 2 heterocycles. The standard InChI is InChI=1S/C10H8OS.Y/c1-7-6-9(11-8(7)2)10-4-3-5-12-10;/h3,5H,1-2H3;/q-2;. The summed E-state index contributed by atoms with van der Waals surface area (Å²) in [5, 5.41) is 1.98. The average molecular weight is 265 g/mol. The number of hydrogen-bond donors (Lipinski definition) is 0. The topological polar surface area (TPSA) is 13.1 Å². The Kier molecular flexibility index (Phi) is 3.90. The Hall–Kier alpha value is 0.0839. The molecule has 65 valence electrons. The molecule has 0 spiro atoms. The zero-order valence-electron chi connectivity index (χ0n) is 7.55. The number of thiophene rings is 1. The Bertz CT molecular complexity index is 356. The van der Waals surface area contributed by atoms with Gasteiger partial charge >= 0.3 is 0 Å². The Balaban J connectivity index is 0.000000845. The second kappa shape index (κ2) is 4.54. The maximum Gasteiger partial charge on any atom is 0 e. The van der Waals surface area contributed by atoms with Gasteiger partial charge in [-0.05, 0) is 5.76 Å². The molecule has 2 aromatic heterocycles. The van der Waals surface area contributed by atoms with Crippen molar-refractivity contribution in [2.45, 2.75) is 13.8 Å². The second-order valence-electron chi connectivity index (χ2n) is 2.63. The van der Waals surface area contributed by atoms with Crippen molar-refractivity contribution >= 4 is 11.3 Å². The SMILES string of the molecule is Cc1[c-]c(-c2[c-]ccs2)oc1C.[Y]. The molecule has 0 bridgehead atoms. The van der Waals surface area contributed by atoms with Gasteiger partial charge in [-0.2, -0.15) is 10.9 Å². The van der Waals surface area contributed by atoms with Crippen LogP contribution < -0.4 is 0 Å². The predicted molar refractivity (Wildman–Crippen MR) is 49.2 cm³/mol. The third kappa shape index (κ3) is 2.31. The third-order valence-corrected chi connectivity index (χ3v) is 2.57. The van der Waals surface area contributed by atoms with Crippen LogP contribution in [0.3, 0.4) is 0 Å². The van der Waals surface area contributed by atoms with Crippen LogP contribution in [-0.4, -0.2) is 0 Å². The minimum Gasteiger partial charge on any atom is -0.600 e. The Morgan fingerprint density at radius 2 is 2.15 bits per heavy atom. The normalized spacial score (nSPS) is 9.69. The molecule has 1 radical (unpaired) electrons. The minimum atomic E-state index is 0. The van der Waals surface area contributed by atoms with Gasteiger partial charge in [-0.15, -0.1) is 10.9 Å². The summed E-state index contributed by atoms with van der Waals surface area (Å²) in [6.45, 7) is 3.94. The van der Waals surface area contributed by atoms with Gasteiger partial charge in [0.05, 0.1) is 0 Å². The van der Waals surface area contributed by atoms with Crippen LogP contribution in [0.5, 0.6) is 0 Å². The van der Waals surface area contributed by atoms with Gasteiger partial charge in [0.1, 0.15) is 0 Å². The molecule has 0 aromatic carbocycles. The monoisotopic (exact) mass is 265 g/mol. The molecular weight excluding hydrogens is 257 g/mol. The maximum atomic E-state index is 5.48. The van der Waals surface area contributed by atoms with E-state index in [0.717, 1.165) is 22.0 Å². The molecule has 0 amide bonds. The van der Waals surface area contributed by atoms with Gasteiger partial charge in [0.25, 0.3) is 0 Å². The number of furan rings is 1. The van der Waals surface area contributed by atoms with E-state index < -0.39 is 0 Å². The summed E-state index contributed by atoms with van der Waals surface area (Å²) in [5.74, 6) is 1.74. The van der Waals surface area contributed by atoms with Crippen molar-refractivity contribution in [3.63, 3.8) is 0 Å². The predicted octanol–water partition coefficient (Wildman–Crippen LogP) is 3.22. The summed E-state index contributed by atoms with van der Waals surface area (Å²) in [6.07, 6.45) is 0. The molecule has 3 heteroatoms. The van der Waals surface area contributed by atoms with E-state index in [2.05, 4.69) is 12.1 Å². The van der Waals surface area contributed by atoms with Gasteiger partial charge in [-0.25, -0.2) is 12.1 Å². The first kappa shape index (κ1) is 11.2. The van der Waals surface area contributed by atoms with Gasteiger partial charge < -0.3 is 15.8 Å². The maximum absolute atomic E-state index is 5.48. The van der Waals surface area contributed by atoms with E-state index in [4.69, 9.17) is 4.42 Å². The molecule has 0 atom stereocenters. The second-order valence-corrected chi connectivity index (χ2v) is 3.55. The summed E-state index contributed by atoms with van der Waals surface area (Å²) in [4.78, 5) is 1.02. The van der Waals surface area contributed by atoms with Crippen LogP contribution in [0.25, 0.3) is 10.6 Å². The van der Waals surface area contributed by atoms with Crippen LogP contribution in [0.1, 0.15) is 11.3 Å². The van der Waals surface area contributed by atoms with E-state index in [9.17, 15) is 0 Å². The largest absolute Gasteiger partial charge is 0.600 e. The Morgan fingerprint density at radius 3 is 2.62 bits per heavy atom. The summed E-state index contributed by atoms with van der Waals surface area (Å²) < 4.78 is 5.48. The Labute approximate surface area is 107 Å². The van der Waals surface area contributed by atoms with Crippen molar-refractivity contribution in [1.29, 1.82) is 0 Å². The fourth-order valence-electron chi connectivity index (χ4n) is 0.981. The summed E-state index contributed by atoms with van der Waals surface area (Å²) >= 11 is 1.62. The van der Waals surface area contributed by atoms with Crippen LogP contribution in [-0.2, 0) is 32.7 Å². The van der Waals surface area contributed by atoms with E-state index in [1.807, 2.05) is 25.3 Å². The molecule has 0 unspecified atom stereocenters. The molecule has 1 nitrogen and oxygen atoms in total. The van der Waals surface area contributed by atoms with Gasteiger partial charge in [0.15, 0.2) is 0 Å². The van der Waals surface area contributed by atoms with Crippen molar-refractivity contribution in [2.24, 2.45) is 0 Å². The van der Waals surface area contributed by atoms with E-state index >= 15 is 0 Å². The first-order chi connectivity index (χ1) is 5.77. The summed E-state index contributed by atoms with van der Waals surface area (Å²) in [7, 11) is 0. The summed E-state index contributed by atoms with van der Waals surface area (Å²) in [6, 6.07) is 8.14. The van der Waals surface area contributed by atoms with E-state index in [1.165, 1.54) is 0 Å². The molecule has 0 N–H and O–H groups in total. The van der Waals surface area contributed by atoms with E-state index in [1.54, 1.807) is 11.3 Å². The zero-order chi connectivity index (χ0) is 8.55. The van der Waals surface area contributed by atoms with Gasteiger partial charge in [0.2, 0.25) is 0 Å². The van der Waals surface area contributed by atoms with E-state index in [-0.39, 0.29) is 32.7 Å². The molecular formula is C10H8OSY-2. The molecule has 0 aliphatic heterocycles. The number of hydrogen-bond acceptors (Lipinski definition) is 2. The summed E-state index contributed by atoms with van der Waals surface area (Å²) in [5.41, 5.74) is 1.08. The average Bonchev–Trinajstić information content (AvgIpc) is 2.61. The molecule has 13 heavy (non-hydrogen) atoms. The van der Waals surface area contributed by atoms with Gasteiger partial charge in [-0.3, -0.25) is 0 Å². The molecule has 0 saturated heterocycles. The number of rotatable bonds is 1. The molecule has 0 aliphatic rings. The minimum absolute atomic E-state index is 0. The number of aryl methyl sites for hydroxylation is 2. The third-order valence-electron chi connectivity index (χ3n) is 1.76. The van der Waals surface area contributed by atoms with Crippen LogP contribution >= 0.6 is 11.3 Å². The van der Waals surface area contributed by atoms with Gasteiger partial charge in [-0.1, -0.05) is 19.6 Å². The van der Waals surface area contributed by atoms with Crippen molar-refractivity contribution in [3.8, 4) is 10.6 Å². The van der Waals surface area contributed by atoms with Crippen molar-refractivity contribution in [2.75, 3.05) is 0 Å². The van der Waals surface area contributed by atoms with Crippen molar-refractivity contribution < 1.29 is 37.1 Å². The fraction of sp³-hybridized carbons (Fsp3) is 0.200. The van der Waals surface area contributed by atoms with Crippen LogP contribution in [0, 0.1) is 26.0 Å². The van der Waals surface area contributed by atoms with Crippen LogP contribution in [0.2, 0.25) is 0 Å². The molecule has 2 aromatic rings. The van der Waals surface area contributed by atoms with Crippen LogP contribution in [0.15, 0.2) is 15.9 Å². The van der Waals surface area contributed by atoms with Crippen LogP contribution in [0.4, 0.5) is 0 Å². The first-order valence-electron chi connectivity index (χ1n) is 3.72. The molecule has 0 saturated carbocycles. The fourth-order valence-corrected chi connectivity index (χ4v) is 1.59. The van der Waals surface area contributed by atoms with Crippen molar-refractivity contribution in [3.05, 3.63) is 34.9 Å². The quantitative estimate of drug-likeness (QED) is 0.721.